The number of carbonyl (C=O) groups excluding carboxylic acids is 1. The van der Waals surface area contributed by atoms with Gasteiger partial charge in [0, 0.05) is 5.69 Å². The summed E-state index contributed by atoms with van der Waals surface area (Å²) in [5.41, 5.74) is 3.05. The molecule has 0 spiro atoms. The van der Waals surface area contributed by atoms with Crippen molar-refractivity contribution in [3.05, 3.63) is 23.3 Å². The van der Waals surface area contributed by atoms with E-state index in [9.17, 15) is 4.79 Å². The standard InChI is InChI=1S/C22H38N2O2/c1-7-11-12-13-14-26-20-15-18(5)22(19(6)16-20)23-21(25)17-24(8-2,9-3)10-4/h15-16H,7-14,17H2,1-6H3/p+1. The zero-order chi connectivity index (χ0) is 19.6. The number of carbonyl (C=O) groups is 1. The van der Waals surface area contributed by atoms with E-state index in [-0.39, 0.29) is 5.91 Å². The normalized spacial score (nSPS) is 11.5. The number of hydrogen-bond donors (Lipinski definition) is 1. The highest BCUT2D eigenvalue weighted by Crippen LogP contribution is 2.26. The Bertz CT molecular complexity index is 534. The molecule has 1 aromatic rings. The number of benzene rings is 1. The largest absolute Gasteiger partial charge is 0.494 e. The molecule has 0 heterocycles. The number of rotatable bonds is 12. The van der Waals surface area contributed by atoms with E-state index < -0.39 is 0 Å². The Morgan fingerprint density at radius 1 is 0.962 bits per heavy atom. The maximum Gasteiger partial charge on any atom is 0.279 e. The lowest BCUT2D eigenvalue weighted by atomic mass is 10.1. The van der Waals surface area contributed by atoms with E-state index in [0.29, 0.717) is 6.54 Å². The predicted octanol–water partition coefficient (Wildman–Crippen LogP) is 5.08. The molecule has 26 heavy (non-hydrogen) atoms. The fraction of sp³-hybridized carbons (Fsp3) is 0.682. The number of unbranched alkanes of at least 4 members (excludes halogenated alkanes) is 3. The molecule has 1 rings (SSSR count). The van der Waals surface area contributed by atoms with Crippen LogP contribution in [0.15, 0.2) is 12.1 Å². The van der Waals surface area contributed by atoms with Crippen LogP contribution in [0.3, 0.4) is 0 Å². The molecular weight excluding hydrogens is 324 g/mol. The molecule has 0 radical (unpaired) electrons. The van der Waals surface area contributed by atoms with Crippen LogP contribution < -0.4 is 10.1 Å². The number of likely N-dealkylation sites (N-methyl/N-ethyl adjacent to an activating group) is 1. The molecule has 148 valence electrons. The molecule has 0 fully saturated rings. The Kier molecular flexibility index (Phi) is 9.71. The number of nitrogens with one attached hydrogen (secondary N) is 1. The lowest BCUT2D eigenvalue weighted by molar-refractivity contribution is -0.915. The fourth-order valence-corrected chi connectivity index (χ4v) is 3.41. The lowest BCUT2D eigenvalue weighted by Gasteiger charge is -2.35. The van der Waals surface area contributed by atoms with Crippen molar-refractivity contribution < 1.29 is 14.0 Å². The molecule has 0 bridgehead atoms. The second-order valence-electron chi connectivity index (χ2n) is 7.34. The number of nitrogens with zero attached hydrogens (tertiary/aromatic N) is 1. The first-order chi connectivity index (χ1) is 12.4. The predicted molar refractivity (Wildman–Crippen MR) is 111 cm³/mol. The van der Waals surface area contributed by atoms with E-state index in [1.807, 2.05) is 26.0 Å². The molecule has 4 nitrogen and oxygen atoms in total. The van der Waals surface area contributed by atoms with Gasteiger partial charge in [0.15, 0.2) is 6.54 Å². The maximum absolute atomic E-state index is 12.6. The summed E-state index contributed by atoms with van der Waals surface area (Å²) in [6.45, 7) is 17.0. The van der Waals surface area contributed by atoms with Crippen molar-refractivity contribution in [1.82, 2.24) is 0 Å². The molecule has 1 amide bonds. The summed E-state index contributed by atoms with van der Waals surface area (Å²) < 4.78 is 6.71. The van der Waals surface area contributed by atoms with E-state index in [1.54, 1.807) is 0 Å². The third-order valence-electron chi connectivity index (χ3n) is 5.53. The quantitative estimate of drug-likeness (QED) is 0.415. The molecule has 0 aliphatic carbocycles. The molecule has 0 unspecified atom stereocenters. The van der Waals surface area contributed by atoms with Crippen LogP contribution in [0, 0.1) is 13.8 Å². The van der Waals surface area contributed by atoms with Crippen LogP contribution in [0.2, 0.25) is 0 Å². The van der Waals surface area contributed by atoms with E-state index >= 15 is 0 Å². The highest BCUT2D eigenvalue weighted by Gasteiger charge is 2.25. The molecule has 1 N–H and O–H groups in total. The van der Waals surface area contributed by atoms with Crippen LogP contribution in [-0.4, -0.2) is 43.2 Å². The monoisotopic (exact) mass is 363 g/mol. The number of amides is 1. The van der Waals surface area contributed by atoms with Gasteiger partial charge in [-0.2, -0.15) is 0 Å². The number of ether oxygens (including phenoxy) is 1. The van der Waals surface area contributed by atoms with E-state index in [4.69, 9.17) is 4.74 Å². The molecule has 0 saturated carbocycles. The van der Waals surface area contributed by atoms with Crippen LogP contribution in [-0.2, 0) is 4.79 Å². The zero-order valence-corrected chi connectivity index (χ0v) is 17.8. The van der Waals surface area contributed by atoms with Crippen molar-refractivity contribution in [3.63, 3.8) is 0 Å². The summed E-state index contributed by atoms with van der Waals surface area (Å²) >= 11 is 0. The van der Waals surface area contributed by atoms with Crippen LogP contribution in [0.25, 0.3) is 0 Å². The van der Waals surface area contributed by atoms with Gasteiger partial charge in [-0.1, -0.05) is 26.2 Å². The van der Waals surface area contributed by atoms with E-state index in [2.05, 4.69) is 33.0 Å². The highest BCUT2D eigenvalue weighted by atomic mass is 16.5. The first kappa shape index (κ1) is 22.5. The summed E-state index contributed by atoms with van der Waals surface area (Å²) in [5.74, 6) is 0.991. The zero-order valence-electron chi connectivity index (χ0n) is 17.8. The van der Waals surface area contributed by atoms with Crippen molar-refractivity contribution in [3.8, 4) is 5.75 Å². The molecule has 0 aliphatic rings. The topological polar surface area (TPSA) is 38.3 Å². The van der Waals surface area contributed by atoms with E-state index in [1.165, 1.54) is 19.3 Å². The van der Waals surface area contributed by atoms with Gasteiger partial charge in [0.05, 0.1) is 26.2 Å². The molecule has 0 saturated heterocycles. The van der Waals surface area contributed by atoms with Gasteiger partial charge in [-0.05, 0) is 64.3 Å². The van der Waals surface area contributed by atoms with Crippen molar-refractivity contribution in [2.75, 3.05) is 38.1 Å². The Balaban J connectivity index is 2.71. The Morgan fingerprint density at radius 3 is 2.04 bits per heavy atom. The van der Waals surface area contributed by atoms with Gasteiger partial charge in [0.25, 0.3) is 5.91 Å². The Hall–Kier alpha value is -1.55. The molecule has 1 aromatic carbocycles. The van der Waals surface area contributed by atoms with Crippen LogP contribution in [0.4, 0.5) is 5.69 Å². The minimum atomic E-state index is 0.0926. The summed E-state index contributed by atoms with van der Waals surface area (Å²) in [5, 5.41) is 3.14. The average molecular weight is 364 g/mol. The van der Waals surface area contributed by atoms with Crippen molar-refractivity contribution in [2.45, 2.75) is 67.2 Å². The van der Waals surface area contributed by atoms with Crippen LogP contribution >= 0.6 is 0 Å². The summed E-state index contributed by atoms with van der Waals surface area (Å²) in [6.07, 6.45) is 4.81. The summed E-state index contributed by atoms with van der Waals surface area (Å²) in [7, 11) is 0. The number of quaternary nitrogens is 1. The number of anilines is 1. The van der Waals surface area contributed by atoms with Crippen molar-refractivity contribution in [1.29, 1.82) is 0 Å². The van der Waals surface area contributed by atoms with Crippen LogP contribution in [0.1, 0.15) is 64.5 Å². The molecule has 0 aromatic heterocycles. The van der Waals surface area contributed by atoms with Gasteiger partial charge in [0.2, 0.25) is 0 Å². The lowest BCUT2D eigenvalue weighted by Crippen LogP contribution is -2.52. The SMILES string of the molecule is CCCCCCOc1cc(C)c(NC(=O)C[N+](CC)(CC)CC)c(C)c1. The summed E-state index contributed by atoms with van der Waals surface area (Å²) in [4.78, 5) is 12.6. The second-order valence-corrected chi connectivity index (χ2v) is 7.34. The third kappa shape index (κ3) is 6.64. The van der Waals surface area contributed by atoms with Gasteiger partial charge in [-0.15, -0.1) is 0 Å². The van der Waals surface area contributed by atoms with E-state index in [0.717, 1.165) is 59.7 Å². The van der Waals surface area contributed by atoms with Gasteiger partial charge in [-0.25, -0.2) is 0 Å². The van der Waals surface area contributed by atoms with Crippen molar-refractivity contribution in [2.24, 2.45) is 0 Å². The Labute approximate surface area is 160 Å². The minimum Gasteiger partial charge on any atom is -0.494 e. The number of hydrogen-bond acceptors (Lipinski definition) is 2. The summed E-state index contributed by atoms with van der Waals surface area (Å²) in [6, 6.07) is 4.06. The third-order valence-corrected chi connectivity index (χ3v) is 5.53. The fourth-order valence-electron chi connectivity index (χ4n) is 3.41. The highest BCUT2D eigenvalue weighted by molar-refractivity contribution is 5.93. The maximum atomic E-state index is 12.6. The molecule has 0 aliphatic heterocycles. The minimum absolute atomic E-state index is 0.0926. The second kappa shape index (κ2) is 11.2. The first-order valence-corrected chi connectivity index (χ1v) is 10.3. The molecular formula is C22H39N2O2+. The molecule has 4 heteroatoms. The Morgan fingerprint density at radius 2 is 1.54 bits per heavy atom. The number of aryl methyl sites for hydroxylation is 2. The first-order valence-electron chi connectivity index (χ1n) is 10.3. The van der Waals surface area contributed by atoms with Crippen LogP contribution in [0.5, 0.6) is 5.75 Å². The average Bonchev–Trinajstić information content (AvgIpc) is 2.63. The van der Waals surface area contributed by atoms with Crippen molar-refractivity contribution >= 4 is 11.6 Å². The van der Waals surface area contributed by atoms with Gasteiger partial charge < -0.3 is 14.5 Å². The van der Waals surface area contributed by atoms with Gasteiger partial charge in [0.1, 0.15) is 5.75 Å². The molecule has 0 atom stereocenters. The van der Waals surface area contributed by atoms with Gasteiger partial charge in [-0.3, -0.25) is 4.79 Å². The smallest absolute Gasteiger partial charge is 0.279 e. The van der Waals surface area contributed by atoms with Gasteiger partial charge >= 0.3 is 0 Å².